The van der Waals surface area contributed by atoms with Gasteiger partial charge in [-0.15, -0.1) is 0 Å². The molecule has 0 saturated carbocycles. The van der Waals surface area contributed by atoms with Crippen LogP contribution < -0.4 is 0 Å². The average Bonchev–Trinajstić information content (AvgIpc) is 2.04. The van der Waals surface area contributed by atoms with E-state index in [1.807, 2.05) is 0 Å². The molecule has 0 amide bonds. The normalized spacial score (nSPS) is 26.2. The summed E-state index contributed by atoms with van der Waals surface area (Å²) < 4.78 is 0. The largest absolute Gasteiger partial charge is 0.300 e. The van der Waals surface area contributed by atoms with Gasteiger partial charge >= 0.3 is 0 Å². The highest BCUT2D eigenvalue weighted by molar-refractivity contribution is 4.99. The van der Waals surface area contributed by atoms with Crippen molar-refractivity contribution in [1.82, 2.24) is 4.90 Å². The van der Waals surface area contributed by atoms with Crippen LogP contribution in [0.15, 0.2) is 12.2 Å². The summed E-state index contributed by atoms with van der Waals surface area (Å²) >= 11 is 0. The Bertz CT molecular complexity index is 160. The summed E-state index contributed by atoms with van der Waals surface area (Å²) in [4.78, 5) is 2.56. The standard InChI is InChI=1S/C11H21N/c1-9(2)11-6-5-7-12(8-11)10(3)4/h10-11H,1,5-8H2,2-4H3. The zero-order valence-corrected chi connectivity index (χ0v) is 8.64. The Morgan fingerprint density at radius 1 is 1.50 bits per heavy atom. The Kier molecular flexibility index (Phi) is 3.33. The minimum Gasteiger partial charge on any atom is -0.300 e. The molecule has 1 unspecified atom stereocenters. The Morgan fingerprint density at radius 3 is 2.67 bits per heavy atom. The fourth-order valence-corrected chi connectivity index (χ4v) is 1.88. The number of piperidine rings is 1. The first kappa shape index (κ1) is 9.79. The minimum atomic E-state index is 0.701. The molecular formula is C11H21N. The van der Waals surface area contributed by atoms with Crippen LogP contribution in [-0.2, 0) is 0 Å². The lowest BCUT2D eigenvalue weighted by Crippen LogP contribution is -2.40. The molecule has 1 fully saturated rings. The monoisotopic (exact) mass is 167 g/mol. The minimum absolute atomic E-state index is 0.701. The van der Waals surface area contributed by atoms with Crippen molar-refractivity contribution in [2.45, 2.75) is 39.7 Å². The van der Waals surface area contributed by atoms with Crippen molar-refractivity contribution >= 4 is 0 Å². The van der Waals surface area contributed by atoms with Crippen LogP contribution in [0.2, 0.25) is 0 Å². The van der Waals surface area contributed by atoms with E-state index in [0.29, 0.717) is 6.04 Å². The Morgan fingerprint density at radius 2 is 2.17 bits per heavy atom. The molecule has 0 bridgehead atoms. The van der Waals surface area contributed by atoms with Gasteiger partial charge in [0.2, 0.25) is 0 Å². The van der Waals surface area contributed by atoms with Crippen LogP contribution in [0.5, 0.6) is 0 Å². The second-order valence-corrected chi connectivity index (χ2v) is 4.27. The van der Waals surface area contributed by atoms with Crippen LogP contribution in [0.3, 0.4) is 0 Å². The average molecular weight is 167 g/mol. The molecule has 0 spiro atoms. The second-order valence-electron chi connectivity index (χ2n) is 4.27. The van der Waals surface area contributed by atoms with Crippen molar-refractivity contribution in [2.24, 2.45) is 5.92 Å². The van der Waals surface area contributed by atoms with Crippen molar-refractivity contribution in [3.05, 3.63) is 12.2 Å². The van der Waals surface area contributed by atoms with E-state index in [1.54, 1.807) is 0 Å². The predicted octanol–water partition coefficient (Wildman–Crippen LogP) is 2.68. The highest BCUT2D eigenvalue weighted by Crippen LogP contribution is 2.23. The molecule has 70 valence electrons. The smallest absolute Gasteiger partial charge is 0.00495 e. The van der Waals surface area contributed by atoms with Gasteiger partial charge in [-0.25, -0.2) is 0 Å². The lowest BCUT2D eigenvalue weighted by atomic mass is 9.92. The van der Waals surface area contributed by atoms with Gasteiger partial charge in [0.1, 0.15) is 0 Å². The van der Waals surface area contributed by atoms with E-state index in [2.05, 4.69) is 32.3 Å². The summed E-state index contributed by atoms with van der Waals surface area (Å²) in [6, 6.07) is 0.701. The summed E-state index contributed by atoms with van der Waals surface area (Å²) in [7, 11) is 0. The van der Waals surface area contributed by atoms with Crippen LogP contribution in [0.25, 0.3) is 0 Å². The molecule has 0 N–H and O–H groups in total. The van der Waals surface area contributed by atoms with E-state index in [9.17, 15) is 0 Å². The fraction of sp³-hybridized carbons (Fsp3) is 0.818. The maximum absolute atomic E-state index is 4.05. The molecule has 1 heterocycles. The molecule has 0 aromatic carbocycles. The molecule has 1 aliphatic rings. The van der Waals surface area contributed by atoms with Crippen LogP contribution in [0.1, 0.15) is 33.6 Å². The lowest BCUT2D eigenvalue weighted by molar-refractivity contribution is 0.154. The first-order valence-electron chi connectivity index (χ1n) is 5.00. The second kappa shape index (κ2) is 4.08. The number of hydrogen-bond donors (Lipinski definition) is 0. The third-order valence-electron chi connectivity index (χ3n) is 2.88. The highest BCUT2D eigenvalue weighted by atomic mass is 15.2. The van der Waals surface area contributed by atoms with Crippen LogP contribution in [0.4, 0.5) is 0 Å². The Hall–Kier alpha value is -0.300. The third kappa shape index (κ3) is 2.34. The quantitative estimate of drug-likeness (QED) is 0.572. The fourth-order valence-electron chi connectivity index (χ4n) is 1.88. The third-order valence-corrected chi connectivity index (χ3v) is 2.88. The molecule has 1 saturated heterocycles. The molecule has 1 rings (SSSR count). The van der Waals surface area contributed by atoms with Gasteiger partial charge in [-0.1, -0.05) is 12.2 Å². The van der Waals surface area contributed by atoms with E-state index < -0.39 is 0 Å². The van der Waals surface area contributed by atoms with Gasteiger partial charge < -0.3 is 4.90 Å². The van der Waals surface area contributed by atoms with Crippen molar-refractivity contribution < 1.29 is 0 Å². The summed E-state index contributed by atoms with van der Waals surface area (Å²) in [6.45, 7) is 13.3. The molecule has 12 heavy (non-hydrogen) atoms. The SMILES string of the molecule is C=C(C)C1CCCN(C(C)C)C1. The van der Waals surface area contributed by atoms with E-state index in [4.69, 9.17) is 0 Å². The van der Waals surface area contributed by atoms with Gasteiger partial charge in [0, 0.05) is 12.6 Å². The van der Waals surface area contributed by atoms with Gasteiger partial charge in [-0.2, -0.15) is 0 Å². The van der Waals surface area contributed by atoms with Crippen LogP contribution in [0, 0.1) is 5.92 Å². The van der Waals surface area contributed by atoms with E-state index in [-0.39, 0.29) is 0 Å². The van der Waals surface area contributed by atoms with Crippen molar-refractivity contribution in [3.63, 3.8) is 0 Å². The van der Waals surface area contributed by atoms with Gasteiger partial charge in [0.05, 0.1) is 0 Å². The highest BCUT2D eigenvalue weighted by Gasteiger charge is 2.21. The van der Waals surface area contributed by atoms with Gasteiger partial charge in [-0.05, 0) is 46.1 Å². The summed E-state index contributed by atoms with van der Waals surface area (Å²) in [5.74, 6) is 0.751. The first-order chi connectivity index (χ1) is 5.61. The molecule has 1 atom stereocenters. The lowest BCUT2D eigenvalue weighted by Gasteiger charge is -2.35. The maximum Gasteiger partial charge on any atom is 0.00495 e. The molecular weight excluding hydrogens is 146 g/mol. The molecule has 0 aromatic heterocycles. The van der Waals surface area contributed by atoms with Crippen molar-refractivity contribution in [1.29, 1.82) is 0 Å². The zero-order chi connectivity index (χ0) is 9.14. The molecule has 0 aromatic rings. The topological polar surface area (TPSA) is 3.24 Å². The Balaban J connectivity index is 2.46. The molecule has 1 nitrogen and oxygen atoms in total. The van der Waals surface area contributed by atoms with Crippen molar-refractivity contribution in [3.8, 4) is 0 Å². The number of nitrogens with zero attached hydrogens (tertiary/aromatic N) is 1. The van der Waals surface area contributed by atoms with Gasteiger partial charge in [-0.3, -0.25) is 0 Å². The molecule has 1 aliphatic heterocycles. The van der Waals surface area contributed by atoms with Gasteiger partial charge in [0.25, 0.3) is 0 Å². The van der Waals surface area contributed by atoms with Gasteiger partial charge in [0.15, 0.2) is 0 Å². The van der Waals surface area contributed by atoms with E-state index >= 15 is 0 Å². The maximum atomic E-state index is 4.05. The zero-order valence-electron chi connectivity index (χ0n) is 8.64. The molecule has 1 heteroatoms. The number of rotatable bonds is 2. The molecule has 0 radical (unpaired) electrons. The van der Waals surface area contributed by atoms with Crippen LogP contribution >= 0.6 is 0 Å². The Labute approximate surface area is 76.5 Å². The number of hydrogen-bond acceptors (Lipinski definition) is 1. The first-order valence-corrected chi connectivity index (χ1v) is 5.00. The van der Waals surface area contributed by atoms with Crippen molar-refractivity contribution in [2.75, 3.05) is 13.1 Å². The predicted molar refractivity (Wildman–Crippen MR) is 54.2 cm³/mol. The summed E-state index contributed by atoms with van der Waals surface area (Å²) in [6.07, 6.45) is 2.69. The van der Waals surface area contributed by atoms with Crippen LogP contribution in [-0.4, -0.2) is 24.0 Å². The molecule has 0 aliphatic carbocycles. The number of likely N-dealkylation sites (tertiary alicyclic amines) is 1. The summed E-state index contributed by atoms with van der Waals surface area (Å²) in [5, 5.41) is 0. The summed E-state index contributed by atoms with van der Waals surface area (Å²) in [5.41, 5.74) is 1.36. The van der Waals surface area contributed by atoms with E-state index in [1.165, 1.54) is 31.5 Å². The van der Waals surface area contributed by atoms with E-state index in [0.717, 1.165) is 5.92 Å².